The Labute approximate surface area is 225 Å². The van der Waals surface area contributed by atoms with Crippen molar-refractivity contribution in [3.05, 3.63) is 24.3 Å². The molecule has 1 aromatic carbocycles. The number of aliphatic hydroxyl groups excluding tert-OH is 1. The van der Waals surface area contributed by atoms with Crippen LogP contribution in [0.4, 0.5) is 5.69 Å². The number of nitrogens with one attached hydrogen (secondary N) is 2. The van der Waals surface area contributed by atoms with Crippen LogP contribution in [-0.4, -0.2) is 70.3 Å². The highest BCUT2D eigenvalue weighted by molar-refractivity contribution is 6.02. The lowest BCUT2D eigenvalue weighted by atomic mass is 9.66. The summed E-state index contributed by atoms with van der Waals surface area (Å²) in [5.41, 5.74) is -1.73. The molecule has 2 unspecified atom stereocenters. The molecule has 0 aliphatic carbocycles. The van der Waals surface area contributed by atoms with Gasteiger partial charge < -0.3 is 30.1 Å². The lowest BCUT2D eigenvalue weighted by Gasteiger charge is -2.35. The number of nitrogens with zero attached hydrogens (tertiary/aromatic N) is 1. The summed E-state index contributed by atoms with van der Waals surface area (Å²) in [5.74, 6) is -1.40. The topological polar surface area (TPSA) is 117 Å². The summed E-state index contributed by atoms with van der Waals surface area (Å²) in [6.07, 6.45) is 4.28. The first kappa shape index (κ1) is 28.4. The Morgan fingerprint density at radius 3 is 2.42 bits per heavy atom. The fourth-order valence-electron chi connectivity index (χ4n) is 6.57. The van der Waals surface area contributed by atoms with Crippen molar-refractivity contribution in [2.24, 2.45) is 11.8 Å². The van der Waals surface area contributed by atoms with E-state index in [9.17, 15) is 14.4 Å². The zero-order valence-electron chi connectivity index (χ0n) is 23.3. The summed E-state index contributed by atoms with van der Waals surface area (Å²) in [6.45, 7) is 10.7. The maximum Gasteiger partial charge on any atom is 0.246 e. The van der Waals surface area contributed by atoms with Crippen molar-refractivity contribution in [1.82, 2.24) is 10.2 Å². The van der Waals surface area contributed by atoms with E-state index in [1.165, 1.54) is 0 Å². The molecule has 0 radical (unpaired) electrons. The average Bonchev–Trinajstić information content (AvgIpc) is 3.40. The summed E-state index contributed by atoms with van der Waals surface area (Å²) in [7, 11) is 0. The number of aliphatic hydroxyl groups is 1. The normalized spacial score (nSPS) is 29.9. The van der Waals surface area contributed by atoms with E-state index >= 15 is 0 Å². The van der Waals surface area contributed by atoms with Gasteiger partial charge in [0.1, 0.15) is 17.4 Å². The number of ether oxygens (including phenoxy) is 2. The minimum absolute atomic E-state index is 0.141. The van der Waals surface area contributed by atoms with Crippen LogP contribution in [0.3, 0.4) is 0 Å². The molecule has 1 spiro atoms. The molecule has 3 aliphatic rings. The van der Waals surface area contributed by atoms with Crippen LogP contribution in [0, 0.1) is 11.8 Å². The van der Waals surface area contributed by atoms with Gasteiger partial charge in [0.25, 0.3) is 0 Å². The molecular formula is C29H43N3O6. The maximum absolute atomic E-state index is 14.0. The number of hydrogen-bond acceptors (Lipinski definition) is 6. The van der Waals surface area contributed by atoms with Gasteiger partial charge in [-0.05, 0) is 84.6 Å². The van der Waals surface area contributed by atoms with Gasteiger partial charge in [-0.2, -0.15) is 0 Å². The molecule has 3 amide bonds. The third kappa shape index (κ3) is 5.27. The van der Waals surface area contributed by atoms with E-state index < -0.39 is 34.6 Å². The molecule has 210 valence electrons. The van der Waals surface area contributed by atoms with Gasteiger partial charge in [0.05, 0.1) is 24.0 Å². The second kappa shape index (κ2) is 10.8. The molecule has 3 saturated heterocycles. The van der Waals surface area contributed by atoms with Crippen molar-refractivity contribution >= 4 is 23.4 Å². The zero-order chi connectivity index (χ0) is 27.7. The molecule has 2 bridgehead atoms. The quantitative estimate of drug-likeness (QED) is 0.379. The summed E-state index contributed by atoms with van der Waals surface area (Å²) >= 11 is 0. The summed E-state index contributed by atoms with van der Waals surface area (Å²) < 4.78 is 12.1. The van der Waals surface area contributed by atoms with E-state index in [-0.39, 0.29) is 24.3 Å². The molecule has 9 heteroatoms. The van der Waals surface area contributed by atoms with Gasteiger partial charge in [-0.25, -0.2) is 0 Å². The highest BCUT2D eigenvalue weighted by Crippen LogP contribution is 2.63. The minimum Gasteiger partial charge on any atom is -0.494 e. The number of carbonyl (C=O) groups is 3. The molecule has 38 heavy (non-hydrogen) atoms. The highest BCUT2D eigenvalue weighted by atomic mass is 16.5. The van der Waals surface area contributed by atoms with Gasteiger partial charge in [0, 0.05) is 24.4 Å². The Bertz CT molecular complexity index is 1040. The van der Waals surface area contributed by atoms with E-state index in [0.29, 0.717) is 50.3 Å². The molecule has 3 heterocycles. The third-order valence-electron chi connectivity index (χ3n) is 8.05. The summed E-state index contributed by atoms with van der Waals surface area (Å²) in [4.78, 5) is 43.1. The van der Waals surface area contributed by atoms with Crippen LogP contribution in [0.2, 0.25) is 0 Å². The highest BCUT2D eigenvalue weighted by Gasteiger charge is 2.77. The Hall–Kier alpha value is -2.65. The summed E-state index contributed by atoms with van der Waals surface area (Å²) in [6, 6.07) is 6.37. The van der Waals surface area contributed by atoms with Gasteiger partial charge in [-0.3, -0.25) is 14.4 Å². The Morgan fingerprint density at radius 2 is 1.79 bits per heavy atom. The lowest BCUT2D eigenvalue weighted by Crippen LogP contribution is -2.58. The predicted molar refractivity (Wildman–Crippen MR) is 144 cm³/mol. The van der Waals surface area contributed by atoms with E-state index in [4.69, 9.17) is 14.6 Å². The number of anilines is 1. The van der Waals surface area contributed by atoms with Gasteiger partial charge in [-0.1, -0.05) is 12.8 Å². The molecule has 4 rings (SSSR count). The number of hydrogen-bond donors (Lipinski definition) is 3. The van der Waals surface area contributed by atoms with E-state index in [1.807, 2.05) is 34.6 Å². The van der Waals surface area contributed by atoms with Crippen molar-refractivity contribution < 1.29 is 29.0 Å². The molecule has 5 atom stereocenters. The zero-order valence-corrected chi connectivity index (χ0v) is 23.3. The van der Waals surface area contributed by atoms with Crippen LogP contribution >= 0.6 is 0 Å². The second-order valence-electron chi connectivity index (χ2n) is 12.1. The molecular weight excluding hydrogens is 486 g/mol. The van der Waals surface area contributed by atoms with E-state index in [2.05, 4.69) is 10.6 Å². The molecule has 3 N–H and O–H groups in total. The second-order valence-corrected chi connectivity index (χ2v) is 12.1. The first-order valence-corrected chi connectivity index (χ1v) is 13.9. The Morgan fingerprint density at radius 1 is 1.11 bits per heavy atom. The van der Waals surface area contributed by atoms with Gasteiger partial charge >= 0.3 is 0 Å². The molecule has 1 aromatic rings. The summed E-state index contributed by atoms with van der Waals surface area (Å²) in [5, 5.41) is 15.1. The van der Waals surface area contributed by atoms with Crippen LogP contribution in [-0.2, 0) is 19.1 Å². The van der Waals surface area contributed by atoms with Crippen molar-refractivity contribution in [2.45, 2.75) is 95.9 Å². The lowest BCUT2D eigenvalue weighted by molar-refractivity contribution is -0.145. The van der Waals surface area contributed by atoms with Crippen molar-refractivity contribution in [3.8, 4) is 5.75 Å². The first-order chi connectivity index (χ1) is 18.0. The first-order valence-electron chi connectivity index (χ1n) is 13.9. The standard InChI is InChI=1S/C29H43N3O6/c1-6-37-20-13-11-19(12-14-20)30-24(34)21-22-26(36)32(17-9-7-8-10-18-33)23(25(35)31-27(2,3)4)29(22)16-15-28(21,5)38-29/h11-14,21-23,33H,6-10,15-18H2,1-5H3,(H,30,34)(H,31,35)/t21-,22-,23?,28+,29?/m0/s1. The van der Waals surface area contributed by atoms with Crippen molar-refractivity contribution in [1.29, 1.82) is 0 Å². The van der Waals surface area contributed by atoms with Crippen LogP contribution in [0.5, 0.6) is 5.75 Å². The number of fused-ring (bicyclic) bond motifs is 1. The third-order valence-corrected chi connectivity index (χ3v) is 8.05. The SMILES string of the molecule is CCOc1ccc(NC(=O)[C@@H]2[C@H]3C(=O)N(CCCCCCO)C(C(=O)NC(C)(C)C)C34CC[C@@]2(C)O4)cc1. The monoisotopic (exact) mass is 529 g/mol. The average molecular weight is 530 g/mol. The van der Waals surface area contributed by atoms with Crippen molar-refractivity contribution in [3.63, 3.8) is 0 Å². The van der Waals surface area contributed by atoms with Crippen LogP contribution in [0.15, 0.2) is 24.3 Å². The largest absolute Gasteiger partial charge is 0.494 e. The van der Waals surface area contributed by atoms with Gasteiger partial charge in [-0.15, -0.1) is 0 Å². The number of amides is 3. The number of unbranched alkanes of at least 4 members (excludes halogenated alkanes) is 3. The fraction of sp³-hybridized carbons (Fsp3) is 0.690. The number of benzene rings is 1. The number of carbonyl (C=O) groups excluding carboxylic acids is 3. The smallest absolute Gasteiger partial charge is 0.246 e. The minimum atomic E-state index is -1.03. The fourth-order valence-corrected chi connectivity index (χ4v) is 6.57. The molecule has 0 saturated carbocycles. The molecule has 9 nitrogen and oxygen atoms in total. The molecule has 3 aliphatic heterocycles. The maximum atomic E-state index is 14.0. The van der Waals surface area contributed by atoms with Gasteiger partial charge in [0.2, 0.25) is 17.7 Å². The van der Waals surface area contributed by atoms with E-state index in [0.717, 1.165) is 12.8 Å². The molecule has 0 aromatic heterocycles. The number of rotatable bonds is 11. The van der Waals surface area contributed by atoms with Crippen LogP contribution < -0.4 is 15.4 Å². The van der Waals surface area contributed by atoms with Crippen LogP contribution in [0.25, 0.3) is 0 Å². The Kier molecular flexibility index (Phi) is 8.09. The molecule has 3 fully saturated rings. The predicted octanol–water partition coefficient (Wildman–Crippen LogP) is 3.26. The van der Waals surface area contributed by atoms with Crippen LogP contribution in [0.1, 0.15) is 73.1 Å². The van der Waals surface area contributed by atoms with Crippen molar-refractivity contribution in [2.75, 3.05) is 25.1 Å². The van der Waals surface area contributed by atoms with E-state index in [1.54, 1.807) is 29.2 Å². The Balaban J connectivity index is 1.61. The van der Waals surface area contributed by atoms with Gasteiger partial charge in [0.15, 0.2) is 0 Å². The number of likely N-dealkylation sites (tertiary alicyclic amines) is 1.